The van der Waals surface area contributed by atoms with E-state index in [2.05, 4.69) is 21.3 Å². The molecule has 2 aliphatic rings. The topological polar surface area (TPSA) is 91.3 Å². The molecule has 28 heavy (non-hydrogen) atoms. The molecule has 144 valence electrons. The van der Waals surface area contributed by atoms with Gasteiger partial charge in [0, 0.05) is 26.0 Å². The van der Waals surface area contributed by atoms with E-state index in [9.17, 15) is 9.59 Å². The molecule has 0 radical (unpaired) electrons. The zero-order chi connectivity index (χ0) is 19.7. The van der Waals surface area contributed by atoms with Crippen molar-refractivity contribution in [2.75, 3.05) is 11.4 Å². The first-order chi connectivity index (χ1) is 13.6. The van der Waals surface area contributed by atoms with E-state index in [4.69, 9.17) is 11.6 Å². The molecule has 1 atom stereocenters. The SMILES string of the molecule is Cn1ncc2c1C(NC(=O)c1ccccc1Cl)CCN2C(=O)C1=CNNC=C1. The third-order valence-electron chi connectivity index (χ3n) is 4.80. The van der Waals surface area contributed by atoms with Gasteiger partial charge in [0.2, 0.25) is 0 Å². The maximum Gasteiger partial charge on any atom is 0.259 e. The second kappa shape index (κ2) is 7.40. The molecular formula is C19H19ClN6O2. The Hall–Kier alpha value is -3.26. The van der Waals surface area contributed by atoms with Crippen LogP contribution in [0.1, 0.15) is 28.5 Å². The Labute approximate surface area is 166 Å². The maximum atomic E-state index is 12.9. The molecule has 0 saturated carbocycles. The van der Waals surface area contributed by atoms with Gasteiger partial charge in [-0.2, -0.15) is 5.10 Å². The molecule has 4 rings (SSSR count). The molecule has 0 aliphatic carbocycles. The van der Waals surface area contributed by atoms with E-state index >= 15 is 0 Å². The number of amides is 2. The molecule has 1 aromatic heterocycles. The Bertz CT molecular complexity index is 996. The molecule has 3 heterocycles. The molecule has 2 amide bonds. The molecular weight excluding hydrogens is 380 g/mol. The highest BCUT2D eigenvalue weighted by Crippen LogP contribution is 2.34. The van der Waals surface area contributed by atoms with Gasteiger partial charge in [0.05, 0.1) is 39.8 Å². The predicted octanol–water partition coefficient (Wildman–Crippen LogP) is 1.79. The van der Waals surface area contributed by atoms with Crippen molar-refractivity contribution in [2.24, 2.45) is 7.05 Å². The maximum absolute atomic E-state index is 12.9. The number of carbonyl (C=O) groups is 2. The molecule has 2 aromatic rings. The third kappa shape index (κ3) is 3.22. The number of hydrazine groups is 1. The van der Waals surface area contributed by atoms with Gasteiger partial charge in [0.15, 0.2) is 0 Å². The lowest BCUT2D eigenvalue weighted by Crippen LogP contribution is -2.42. The predicted molar refractivity (Wildman–Crippen MR) is 105 cm³/mol. The van der Waals surface area contributed by atoms with Crippen LogP contribution in [0.5, 0.6) is 0 Å². The summed E-state index contributed by atoms with van der Waals surface area (Å²) in [5, 5.41) is 7.73. The molecule has 8 nitrogen and oxygen atoms in total. The van der Waals surface area contributed by atoms with Gasteiger partial charge < -0.3 is 21.1 Å². The number of nitrogens with one attached hydrogen (secondary N) is 3. The van der Waals surface area contributed by atoms with E-state index in [1.54, 1.807) is 65.6 Å². The summed E-state index contributed by atoms with van der Waals surface area (Å²) in [5.41, 5.74) is 8.03. The number of hydrogen-bond acceptors (Lipinski definition) is 5. The van der Waals surface area contributed by atoms with Crippen molar-refractivity contribution in [1.82, 2.24) is 25.9 Å². The first kappa shape index (κ1) is 18.1. The summed E-state index contributed by atoms with van der Waals surface area (Å²) in [7, 11) is 1.80. The molecule has 0 bridgehead atoms. The van der Waals surface area contributed by atoms with Crippen LogP contribution >= 0.6 is 11.6 Å². The fourth-order valence-electron chi connectivity index (χ4n) is 3.43. The van der Waals surface area contributed by atoms with Crippen molar-refractivity contribution < 1.29 is 9.59 Å². The van der Waals surface area contributed by atoms with E-state index in [0.717, 1.165) is 5.69 Å². The van der Waals surface area contributed by atoms with Gasteiger partial charge >= 0.3 is 0 Å². The van der Waals surface area contributed by atoms with E-state index in [1.165, 1.54) is 0 Å². The van der Waals surface area contributed by atoms with Gasteiger partial charge in [0.25, 0.3) is 11.8 Å². The van der Waals surface area contributed by atoms with Crippen LogP contribution in [0.3, 0.4) is 0 Å². The van der Waals surface area contributed by atoms with Crippen LogP contribution in [0.25, 0.3) is 0 Å². The highest BCUT2D eigenvalue weighted by atomic mass is 35.5. The highest BCUT2D eigenvalue weighted by molar-refractivity contribution is 6.33. The lowest BCUT2D eigenvalue weighted by Gasteiger charge is -2.33. The minimum atomic E-state index is -0.272. The lowest BCUT2D eigenvalue weighted by molar-refractivity contribution is -0.115. The first-order valence-corrected chi connectivity index (χ1v) is 9.21. The number of aryl methyl sites for hydroxylation is 1. The molecule has 2 aliphatic heterocycles. The number of hydrogen-bond donors (Lipinski definition) is 3. The average molecular weight is 399 g/mol. The third-order valence-corrected chi connectivity index (χ3v) is 5.13. The van der Waals surface area contributed by atoms with Crippen LogP contribution in [0.4, 0.5) is 5.69 Å². The lowest BCUT2D eigenvalue weighted by atomic mass is 10.0. The number of aromatic nitrogens is 2. The Kier molecular flexibility index (Phi) is 4.79. The van der Waals surface area contributed by atoms with Crippen LogP contribution < -0.4 is 21.1 Å². The summed E-state index contributed by atoms with van der Waals surface area (Å²) >= 11 is 6.14. The molecule has 3 N–H and O–H groups in total. The Balaban J connectivity index is 1.59. The first-order valence-electron chi connectivity index (χ1n) is 8.83. The number of benzene rings is 1. The fraction of sp³-hybridized carbons (Fsp3) is 0.211. The van der Waals surface area contributed by atoms with Crippen molar-refractivity contribution >= 4 is 29.1 Å². The summed E-state index contributed by atoms with van der Waals surface area (Å²) in [4.78, 5) is 27.3. The van der Waals surface area contributed by atoms with Crippen molar-refractivity contribution in [1.29, 1.82) is 0 Å². The van der Waals surface area contributed by atoms with Crippen LogP contribution in [-0.2, 0) is 11.8 Å². The molecule has 1 aromatic carbocycles. The number of carbonyl (C=O) groups excluding carboxylic acids is 2. The van der Waals surface area contributed by atoms with Gasteiger partial charge in [-0.05, 0) is 24.6 Å². The number of nitrogens with zero attached hydrogens (tertiary/aromatic N) is 3. The highest BCUT2D eigenvalue weighted by Gasteiger charge is 2.34. The normalized spacial score (nSPS) is 17.9. The van der Waals surface area contributed by atoms with Crippen LogP contribution in [0.2, 0.25) is 5.02 Å². The minimum Gasteiger partial charge on any atom is -0.343 e. The van der Waals surface area contributed by atoms with Crippen molar-refractivity contribution in [2.45, 2.75) is 12.5 Å². The largest absolute Gasteiger partial charge is 0.343 e. The number of rotatable bonds is 3. The molecule has 9 heteroatoms. The second-order valence-electron chi connectivity index (χ2n) is 6.51. The number of anilines is 1. The van der Waals surface area contributed by atoms with Crippen LogP contribution in [-0.4, -0.2) is 28.1 Å². The van der Waals surface area contributed by atoms with Gasteiger partial charge in [-0.25, -0.2) is 0 Å². The van der Waals surface area contributed by atoms with E-state index in [0.29, 0.717) is 34.8 Å². The van der Waals surface area contributed by atoms with Crippen LogP contribution in [0.15, 0.2) is 54.5 Å². The van der Waals surface area contributed by atoms with Crippen molar-refractivity contribution in [3.63, 3.8) is 0 Å². The average Bonchev–Trinajstić information content (AvgIpc) is 3.11. The summed E-state index contributed by atoms with van der Waals surface area (Å²) in [6.07, 6.45) is 7.20. The zero-order valence-corrected chi connectivity index (χ0v) is 15.9. The number of fused-ring (bicyclic) bond motifs is 1. The monoisotopic (exact) mass is 398 g/mol. The smallest absolute Gasteiger partial charge is 0.259 e. The van der Waals surface area contributed by atoms with Gasteiger partial charge in [0.1, 0.15) is 0 Å². The van der Waals surface area contributed by atoms with E-state index < -0.39 is 0 Å². The standard InChI is InChI=1S/C19H19ClN6O2/c1-25-17-15(24-18(27)13-4-2-3-5-14(13)20)7-9-26(16(17)11-23-25)19(28)12-6-8-21-22-10-12/h2-6,8,10-11,15,21-22H,7,9H2,1H3,(H,24,27). The quantitative estimate of drug-likeness (QED) is 0.733. The molecule has 0 saturated heterocycles. The minimum absolute atomic E-state index is 0.129. The Morgan fingerprint density at radius 2 is 2.11 bits per heavy atom. The zero-order valence-electron chi connectivity index (χ0n) is 15.1. The molecule has 0 spiro atoms. The second-order valence-corrected chi connectivity index (χ2v) is 6.92. The number of halogens is 1. The summed E-state index contributed by atoms with van der Waals surface area (Å²) in [5.74, 6) is -0.383. The van der Waals surface area contributed by atoms with Crippen LogP contribution in [0, 0.1) is 0 Å². The molecule has 0 fully saturated rings. The Morgan fingerprint density at radius 3 is 2.86 bits per heavy atom. The summed E-state index contributed by atoms with van der Waals surface area (Å²) < 4.78 is 1.69. The van der Waals surface area contributed by atoms with Gasteiger partial charge in [-0.3, -0.25) is 14.3 Å². The molecule has 1 unspecified atom stereocenters. The van der Waals surface area contributed by atoms with E-state index in [-0.39, 0.29) is 17.9 Å². The fourth-order valence-corrected chi connectivity index (χ4v) is 3.65. The van der Waals surface area contributed by atoms with E-state index in [1.807, 2.05) is 0 Å². The summed E-state index contributed by atoms with van der Waals surface area (Å²) in [6.45, 7) is 0.462. The Morgan fingerprint density at radius 1 is 1.29 bits per heavy atom. The summed E-state index contributed by atoms with van der Waals surface area (Å²) in [6, 6.07) is 6.64. The van der Waals surface area contributed by atoms with Gasteiger partial charge in [-0.15, -0.1) is 0 Å². The van der Waals surface area contributed by atoms with Crippen molar-refractivity contribution in [3.8, 4) is 0 Å². The van der Waals surface area contributed by atoms with Crippen molar-refractivity contribution in [3.05, 3.63) is 70.8 Å². The van der Waals surface area contributed by atoms with Gasteiger partial charge in [-0.1, -0.05) is 23.7 Å².